The van der Waals surface area contributed by atoms with Crippen molar-refractivity contribution in [2.75, 3.05) is 6.54 Å². The van der Waals surface area contributed by atoms with E-state index in [9.17, 15) is 0 Å². The average molecular weight is 128 g/mol. The highest BCUT2D eigenvalue weighted by Gasteiger charge is 1.92. The van der Waals surface area contributed by atoms with Crippen LogP contribution in [-0.2, 0) is 0 Å². The summed E-state index contributed by atoms with van der Waals surface area (Å²) in [5.41, 5.74) is 10.8. The van der Waals surface area contributed by atoms with E-state index < -0.39 is 0 Å². The summed E-state index contributed by atoms with van der Waals surface area (Å²) in [5, 5.41) is 0. The van der Waals surface area contributed by atoms with Crippen molar-refractivity contribution in [2.24, 2.45) is 11.5 Å². The van der Waals surface area contributed by atoms with Crippen molar-refractivity contribution < 1.29 is 0 Å². The second-order valence-electron chi connectivity index (χ2n) is 2.11. The van der Waals surface area contributed by atoms with Crippen LogP contribution in [0.3, 0.4) is 0 Å². The van der Waals surface area contributed by atoms with Gasteiger partial charge in [0.1, 0.15) is 0 Å². The summed E-state index contributed by atoms with van der Waals surface area (Å²) in [7, 11) is 0. The van der Waals surface area contributed by atoms with Crippen molar-refractivity contribution in [3.05, 3.63) is 12.2 Å². The van der Waals surface area contributed by atoms with Gasteiger partial charge in [0.15, 0.2) is 0 Å². The Hall–Kier alpha value is -0.340. The third kappa shape index (κ3) is 5.53. The highest BCUT2D eigenvalue weighted by atomic mass is 14.7. The second kappa shape index (κ2) is 5.79. The Morgan fingerprint density at radius 2 is 2.11 bits per heavy atom. The van der Waals surface area contributed by atoms with Crippen LogP contribution < -0.4 is 11.5 Å². The minimum Gasteiger partial charge on any atom is -0.329 e. The molecule has 0 saturated heterocycles. The molecule has 9 heavy (non-hydrogen) atoms. The number of nitrogens with two attached hydrogens (primary N) is 2. The molecule has 4 N–H and O–H groups in total. The summed E-state index contributed by atoms with van der Waals surface area (Å²) in [4.78, 5) is 0. The maximum atomic E-state index is 5.54. The minimum absolute atomic E-state index is 0.146. The van der Waals surface area contributed by atoms with Crippen molar-refractivity contribution >= 4 is 0 Å². The molecule has 2 nitrogen and oxygen atoms in total. The van der Waals surface area contributed by atoms with E-state index in [1.807, 2.05) is 0 Å². The van der Waals surface area contributed by atoms with E-state index in [0.717, 1.165) is 12.8 Å². The first-order chi connectivity index (χ1) is 4.31. The van der Waals surface area contributed by atoms with Crippen LogP contribution in [0.15, 0.2) is 12.2 Å². The number of allylic oxidation sites excluding steroid dienone is 1. The lowest BCUT2D eigenvalue weighted by atomic mass is 10.2. The molecule has 0 fully saturated rings. The lowest BCUT2D eigenvalue weighted by Gasteiger charge is -2.01. The van der Waals surface area contributed by atoms with E-state index in [4.69, 9.17) is 11.5 Å². The second-order valence-corrected chi connectivity index (χ2v) is 2.11. The molecular formula is C7H16N2. The normalized spacial score (nSPS) is 14.6. The molecule has 0 saturated carbocycles. The molecular weight excluding hydrogens is 112 g/mol. The molecule has 0 spiro atoms. The monoisotopic (exact) mass is 128 g/mol. The molecule has 54 valence electrons. The van der Waals surface area contributed by atoms with Gasteiger partial charge in [-0.2, -0.15) is 0 Å². The Morgan fingerprint density at radius 1 is 1.44 bits per heavy atom. The van der Waals surface area contributed by atoms with E-state index >= 15 is 0 Å². The quantitative estimate of drug-likeness (QED) is 0.545. The van der Waals surface area contributed by atoms with Crippen LogP contribution in [0.2, 0.25) is 0 Å². The van der Waals surface area contributed by atoms with Gasteiger partial charge in [-0.05, 0) is 12.8 Å². The van der Waals surface area contributed by atoms with Gasteiger partial charge in [-0.3, -0.25) is 0 Å². The predicted molar refractivity (Wildman–Crippen MR) is 41.1 cm³/mol. The zero-order chi connectivity index (χ0) is 7.11. The largest absolute Gasteiger partial charge is 0.329 e. The van der Waals surface area contributed by atoms with Crippen molar-refractivity contribution in [3.63, 3.8) is 0 Å². The maximum Gasteiger partial charge on any atom is 0.0197 e. The smallest absolute Gasteiger partial charge is 0.0197 e. The summed E-state index contributed by atoms with van der Waals surface area (Å²) in [6.45, 7) is 2.68. The van der Waals surface area contributed by atoms with Crippen LogP contribution in [0.4, 0.5) is 0 Å². The lowest BCUT2D eigenvalue weighted by molar-refractivity contribution is 0.692. The first kappa shape index (κ1) is 8.66. The van der Waals surface area contributed by atoms with E-state index in [0.29, 0.717) is 6.54 Å². The number of hydrogen-bond donors (Lipinski definition) is 2. The molecule has 0 bridgehead atoms. The zero-order valence-electron chi connectivity index (χ0n) is 6.01. The third-order valence-electron chi connectivity index (χ3n) is 1.14. The van der Waals surface area contributed by atoms with Gasteiger partial charge < -0.3 is 11.5 Å². The highest BCUT2D eigenvalue weighted by molar-refractivity contribution is 4.84. The van der Waals surface area contributed by atoms with Gasteiger partial charge in [0.05, 0.1) is 0 Å². The Morgan fingerprint density at radius 3 is 2.56 bits per heavy atom. The van der Waals surface area contributed by atoms with Gasteiger partial charge in [-0.15, -0.1) is 0 Å². The molecule has 0 aliphatic heterocycles. The highest BCUT2D eigenvalue weighted by Crippen LogP contribution is 1.88. The Kier molecular flexibility index (Phi) is 5.57. The molecule has 0 aromatic rings. The van der Waals surface area contributed by atoms with E-state index in [-0.39, 0.29) is 6.04 Å². The van der Waals surface area contributed by atoms with E-state index in [1.54, 1.807) is 0 Å². The molecule has 1 atom stereocenters. The first-order valence-corrected chi connectivity index (χ1v) is 3.42. The fourth-order valence-corrected chi connectivity index (χ4v) is 0.534. The fourth-order valence-electron chi connectivity index (χ4n) is 0.534. The standard InChI is InChI=1S/C7H16N2/c1-2-3-4-5-7(9)6-8/h3-4,7H,2,5-6,8-9H2,1H3/b4-3-. The Labute approximate surface area is 56.9 Å². The Balaban J connectivity index is 3.15. The van der Waals surface area contributed by atoms with Gasteiger partial charge in [0.25, 0.3) is 0 Å². The van der Waals surface area contributed by atoms with Crippen molar-refractivity contribution in [1.82, 2.24) is 0 Å². The molecule has 2 heteroatoms. The fraction of sp³-hybridized carbons (Fsp3) is 0.714. The van der Waals surface area contributed by atoms with Gasteiger partial charge in [0.2, 0.25) is 0 Å². The SMILES string of the molecule is CC/C=C\CC(N)CN. The first-order valence-electron chi connectivity index (χ1n) is 3.42. The molecule has 0 amide bonds. The molecule has 0 rings (SSSR count). The lowest BCUT2D eigenvalue weighted by Crippen LogP contribution is -2.28. The van der Waals surface area contributed by atoms with Crippen LogP contribution in [-0.4, -0.2) is 12.6 Å². The summed E-state index contributed by atoms with van der Waals surface area (Å²) < 4.78 is 0. The molecule has 0 radical (unpaired) electrons. The Bertz CT molecular complexity index is 79.0. The molecule has 0 aromatic heterocycles. The van der Waals surface area contributed by atoms with Crippen molar-refractivity contribution in [2.45, 2.75) is 25.8 Å². The van der Waals surface area contributed by atoms with E-state index in [2.05, 4.69) is 19.1 Å². The molecule has 0 heterocycles. The molecule has 0 aromatic carbocycles. The van der Waals surface area contributed by atoms with Crippen LogP contribution in [0.1, 0.15) is 19.8 Å². The van der Waals surface area contributed by atoms with Gasteiger partial charge in [0, 0.05) is 12.6 Å². The number of hydrogen-bond acceptors (Lipinski definition) is 2. The van der Waals surface area contributed by atoms with Crippen LogP contribution >= 0.6 is 0 Å². The maximum absolute atomic E-state index is 5.54. The minimum atomic E-state index is 0.146. The van der Waals surface area contributed by atoms with Crippen LogP contribution in [0, 0.1) is 0 Å². The summed E-state index contributed by atoms with van der Waals surface area (Å²) in [6.07, 6.45) is 6.18. The van der Waals surface area contributed by atoms with Crippen molar-refractivity contribution in [1.29, 1.82) is 0 Å². The summed E-state index contributed by atoms with van der Waals surface area (Å²) in [6, 6.07) is 0.146. The number of rotatable bonds is 4. The van der Waals surface area contributed by atoms with Crippen LogP contribution in [0.25, 0.3) is 0 Å². The van der Waals surface area contributed by atoms with Gasteiger partial charge >= 0.3 is 0 Å². The topological polar surface area (TPSA) is 52.0 Å². The zero-order valence-corrected chi connectivity index (χ0v) is 6.01. The average Bonchev–Trinajstić information content (AvgIpc) is 1.89. The predicted octanol–water partition coefficient (Wildman–Crippen LogP) is 0.629. The van der Waals surface area contributed by atoms with Crippen LogP contribution in [0.5, 0.6) is 0 Å². The van der Waals surface area contributed by atoms with E-state index in [1.165, 1.54) is 0 Å². The molecule has 1 unspecified atom stereocenters. The third-order valence-corrected chi connectivity index (χ3v) is 1.14. The summed E-state index contributed by atoms with van der Waals surface area (Å²) >= 11 is 0. The molecule has 0 aliphatic rings. The molecule has 0 aliphatic carbocycles. The van der Waals surface area contributed by atoms with Gasteiger partial charge in [-0.25, -0.2) is 0 Å². The summed E-state index contributed by atoms with van der Waals surface area (Å²) in [5.74, 6) is 0. The van der Waals surface area contributed by atoms with Crippen molar-refractivity contribution in [3.8, 4) is 0 Å². The van der Waals surface area contributed by atoms with Gasteiger partial charge in [-0.1, -0.05) is 19.1 Å².